The Hall–Kier alpha value is -1.09. The van der Waals surface area contributed by atoms with Crippen LogP contribution in [-0.2, 0) is 0 Å². The van der Waals surface area contributed by atoms with Gasteiger partial charge in [-0.2, -0.15) is 0 Å². The molecule has 0 amide bonds. The summed E-state index contributed by atoms with van der Waals surface area (Å²) >= 11 is 0. The fourth-order valence-electron chi connectivity index (χ4n) is 1.81. The van der Waals surface area contributed by atoms with Crippen LogP contribution in [0.2, 0.25) is 0 Å². The Morgan fingerprint density at radius 1 is 1.57 bits per heavy atom. The van der Waals surface area contributed by atoms with E-state index in [1.807, 2.05) is 12.4 Å². The van der Waals surface area contributed by atoms with Crippen LogP contribution in [0.15, 0.2) is 18.5 Å². The minimum absolute atomic E-state index is 0.720. The maximum Gasteiger partial charge on any atom is 0.0429 e. The minimum atomic E-state index is 0.720. The summed E-state index contributed by atoms with van der Waals surface area (Å²) in [6, 6.07) is 2.81. The molecule has 1 fully saturated rings. The molecule has 2 rings (SSSR count). The van der Waals surface area contributed by atoms with Crippen molar-refractivity contribution in [2.75, 3.05) is 18.0 Å². The smallest absolute Gasteiger partial charge is 0.0429 e. The van der Waals surface area contributed by atoms with Gasteiger partial charge in [0, 0.05) is 37.2 Å². The molecule has 0 aliphatic heterocycles. The molecule has 1 saturated carbocycles. The van der Waals surface area contributed by atoms with E-state index < -0.39 is 0 Å². The van der Waals surface area contributed by atoms with Crippen molar-refractivity contribution in [1.82, 2.24) is 4.98 Å². The third kappa shape index (κ3) is 1.87. The minimum Gasteiger partial charge on any atom is -0.367 e. The summed E-state index contributed by atoms with van der Waals surface area (Å²) < 4.78 is 0. The van der Waals surface area contributed by atoms with Gasteiger partial charge in [0.05, 0.1) is 0 Å². The average Bonchev–Trinajstić information content (AvgIpc) is 2.99. The van der Waals surface area contributed by atoms with Crippen molar-refractivity contribution in [2.24, 2.45) is 5.73 Å². The number of anilines is 1. The van der Waals surface area contributed by atoms with Gasteiger partial charge < -0.3 is 10.6 Å². The highest BCUT2D eigenvalue weighted by Crippen LogP contribution is 2.32. The second kappa shape index (κ2) is 3.96. The van der Waals surface area contributed by atoms with Crippen LogP contribution in [0, 0.1) is 6.92 Å². The first kappa shape index (κ1) is 9.46. The van der Waals surface area contributed by atoms with Crippen molar-refractivity contribution in [3.63, 3.8) is 0 Å². The summed E-state index contributed by atoms with van der Waals surface area (Å²) in [6.45, 7) is 3.78. The molecular weight excluding hydrogens is 174 g/mol. The number of aromatic nitrogens is 1. The fourth-order valence-corrected chi connectivity index (χ4v) is 1.81. The molecule has 76 valence electrons. The normalized spacial score (nSPS) is 15.6. The van der Waals surface area contributed by atoms with Crippen LogP contribution in [0.5, 0.6) is 0 Å². The maximum absolute atomic E-state index is 5.63. The second-order valence-electron chi connectivity index (χ2n) is 3.88. The standard InChI is InChI=1S/C11H17N3/c1-9-8-13-6-4-11(9)14(7-5-12)10-2-3-10/h4,6,8,10H,2-3,5,7,12H2,1H3. The highest BCUT2D eigenvalue weighted by atomic mass is 15.2. The van der Waals surface area contributed by atoms with E-state index in [1.54, 1.807) is 0 Å². The summed E-state index contributed by atoms with van der Waals surface area (Å²) in [5, 5.41) is 0. The molecule has 3 nitrogen and oxygen atoms in total. The molecule has 0 saturated heterocycles. The molecule has 0 spiro atoms. The topological polar surface area (TPSA) is 42.2 Å². The second-order valence-corrected chi connectivity index (χ2v) is 3.88. The molecule has 0 unspecified atom stereocenters. The van der Waals surface area contributed by atoms with E-state index in [0.717, 1.165) is 19.1 Å². The lowest BCUT2D eigenvalue weighted by atomic mass is 10.2. The summed E-state index contributed by atoms with van der Waals surface area (Å²) in [6.07, 6.45) is 6.39. The predicted octanol–water partition coefficient (Wildman–Crippen LogP) is 1.32. The van der Waals surface area contributed by atoms with E-state index in [1.165, 1.54) is 24.1 Å². The van der Waals surface area contributed by atoms with Gasteiger partial charge in [0.25, 0.3) is 0 Å². The van der Waals surface area contributed by atoms with Gasteiger partial charge in [0.1, 0.15) is 0 Å². The Morgan fingerprint density at radius 3 is 2.93 bits per heavy atom. The SMILES string of the molecule is Cc1cnccc1N(CCN)C1CC1. The molecule has 1 aliphatic rings. The average molecular weight is 191 g/mol. The first-order valence-electron chi connectivity index (χ1n) is 5.20. The molecule has 0 bridgehead atoms. The van der Waals surface area contributed by atoms with Gasteiger partial charge in [0.2, 0.25) is 0 Å². The Kier molecular flexibility index (Phi) is 2.68. The van der Waals surface area contributed by atoms with E-state index in [-0.39, 0.29) is 0 Å². The monoisotopic (exact) mass is 191 g/mol. The third-order valence-corrected chi connectivity index (χ3v) is 2.66. The van der Waals surface area contributed by atoms with Crippen molar-refractivity contribution in [1.29, 1.82) is 0 Å². The van der Waals surface area contributed by atoms with Gasteiger partial charge in [-0.3, -0.25) is 4.98 Å². The van der Waals surface area contributed by atoms with Gasteiger partial charge >= 0.3 is 0 Å². The Morgan fingerprint density at radius 2 is 2.36 bits per heavy atom. The van der Waals surface area contributed by atoms with Crippen LogP contribution < -0.4 is 10.6 Å². The summed E-state index contributed by atoms with van der Waals surface area (Å²) in [5.41, 5.74) is 8.17. The molecule has 14 heavy (non-hydrogen) atoms. The highest BCUT2D eigenvalue weighted by molar-refractivity contribution is 5.53. The van der Waals surface area contributed by atoms with Crippen LogP contribution in [-0.4, -0.2) is 24.1 Å². The zero-order valence-electron chi connectivity index (χ0n) is 8.61. The van der Waals surface area contributed by atoms with Crippen molar-refractivity contribution in [3.8, 4) is 0 Å². The van der Waals surface area contributed by atoms with Gasteiger partial charge in [-0.25, -0.2) is 0 Å². The number of aryl methyl sites for hydroxylation is 1. The number of pyridine rings is 1. The number of nitrogens with zero attached hydrogens (tertiary/aromatic N) is 2. The summed E-state index contributed by atoms with van der Waals surface area (Å²) in [4.78, 5) is 6.52. The number of hydrogen-bond acceptors (Lipinski definition) is 3. The van der Waals surface area contributed by atoms with E-state index in [4.69, 9.17) is 5.73 Å². The molecule has 0 aromatic carbocycles. The first-order chi connectivity index (χ1) is 6.83. The van der Waals surface area contributed by atoms with E-state index in [2.05, 4.69) is 22.9 Å². The molecule has 1 aromatic heterocycles. The predicted molar refractivity (Wildman–Crippen MR) is 58.4 cm³/mol. The largest absolute Gasteiger partial charge is 0.367 e. The lowest BCUT2D eigenvalue weighted by Gasteiger charge is -2.25. The van der Waals surface area contributed by atoms with Gasteiger partial charge in [0.15, 0.2) is 0 Å². The van der Waals surface area contributed by atoms with Gasteiger partial charge in [-0.05, 0) is 31.4 Å². The Bertz CT molecular complexity index is 307. The first-order valence-corrected chi connectivity index (χ1v) is 5.20. The number of nitrogens with two attached hydrogens (primary N) is 1. The number of hydrogen-bond donors (Lipinski definition) is 1. The Balaban J connectivity index is 2.21. The van der Waals surface area contributed by atoms with Crippen LogP contribution in [0.25, 0.3) is 0 Å². The van der Waals surface area contributed by atoms with Crippen LogP contribution in [0.3, 0.4) is 0 Å². The zero-order chi connectivity index (χ0) is 9.97. The summed E-state index contributed by atoms with van der Waals surface area (Å²) in [5.74, 6) is 0. The molecule has 1 aromatic rings. The van der Waals surface area contributed by atoms with Gasteiger partial charge in [-0.15, -0.1) is 0 Å². The fraction of sp³-hybridized carbons (Fsp3) is 0.545. The van der Waals surface area contributed by atoms with E-state index >= 15 is 0 Å². The van der Waals surface area contributed by atoms with Crippen LogP contribution in [0.4, 0.5) is 5.69 Å². The lowest BCUT2D eigenvalue weighted by molar-refractivity contribution is 0.781. The van der Waals surface area contributed by atoms with Crippen molar-refractivity contribution >= 4 is 5.69 Å². The van der Waals surface area contributed by atoms with Gasteiger partial charge in [-0.1, -0.05) is 0 Å². The highest BCUT2D eigenvalue weighted by Gasteiger charge is 2.29. The summed E-state index contributed by atoms with van der Waals surface area (Å²) in [7, 11) is 0. The third-order valence-electron chi connectivity index (χ3n) is 2.66. The molecule has 3 heteroatoms. The Labute approximate surface area is 84.9 Å². The molecule has 2 N–H and O–H groups in total. The molecule has 1 heterocycles. The molecule has 0 radical (unpaired) electrons. The van der Waals surface area contributed by atoms with E-state index in [9.17, 15) is 0 Å². The van der Waals surface area contributed by atoms with Crippen molar-refractivity contribution < 1.29 is 0 Å². The molecule has 1 aliphatic carbocycles. The van der Waals surface area contributed by atoms with E-state index in [0.29, 0.717) is 0 Å². The van der Waals surface area contributed by atoms with Crippen LogP contribution >= 0.6 is 0 Å². The van der Waals surface area contributed by atoms with Crippen LogP contribution in [0.1, 0.15) is 18.4 Å². The maximum atomic E-state index is 5.63. The van der Waals surface area contributed by atoms with Crippen molar-refractivity contribution in [2.45, 2.75) is 25.8 Å². The lowest BCUT2D eigenvalue weighted by Crippen LogP contribution is -2.31. The molecule has 0 atom stereocenters. The zero-order valence-corrected chi connectivity index (χ0v) is 8.61. The molecular formula is C11H17N3. The quantitative estimate of drug-likeness (QED) is 0.780. The number of rotatable bonds is 4. The van der Waals surface area contributed by atoms with Crippen molar-refractivity contribution in [3.05, 3.63) is 24.0 Å².